The highest BCUT2D eigenvalue weighted by Gasteiger charge is 2.13. The average molecular weight is 202 g/mol. The molecule has 1 N–H and O–H groups in total. The summed E-state index contributed by atoms with van der Waals surface area (Å²) in [5.41, 5.74) is 1.38. The highest BCUT2D eigenvalue weighted by atomic mass is 35.5. The van der Waals surface area contributed by atoms with Gasteiger partial charge >= 0.3 is 0 Å². The van der Waals surface area contributed by atoms with Crippen molar-refractivity contribution in [3.63, 3.8) is 0 Å². The van der Waals surface area contributed by atoms with Crippen LogP contribution in [0.25, 0.3) is 0 Å². The van der Waals surface area contributed by atoms with Crippen LogP contribution >= 0.6 is 11.6 Å². The van der Waals surface area contributed by atoms with Crippen LogP contribution in [0.1, 0.15) is 24.3 Å². The lowest BCUT2D eigenvalue weighted by atomic mass is 10.1. The molecule has 1 heterocycles. The molecule has 0 spiro atoms. The summed E-state index contributed by atoms with van der Waals surface area (Å²) in [5.74, 6) is 0.576. The molecular formula is C9H12ClNO2. The highest BCUT2D eigenvalue weighted by molar-refractivity contribution is 6.32. The highest BCUT2D eigenvalue weighted by Crippen LogP contribution is 2.30. The third-order valence-electron chi connectivity index (χ3n) is 1.86. The molecule has 0 aromatic carbocycles. The largest absolute Gasteiger partial charge is 0.495 e. The smallest absolute Gasteiger partial charge is 0.143 e. The van der Waals surface area contributed by atoms with Crippen LogP contribution in [0, 0.1) is 6.92 Å². The number of halogens is 1. The first-order valence-corrected chi connectivity index (χ1v) is 4.32. The van der Waals surface area contributed by atoms with E-state index in [1.807, 2.05) is 6.92 Å². The number of hydrogen-bond acceptors (Lipinski definition) is 3. The summed E-state index contributed by atoms with van der Waals surface area (Å²) in [5, 5.41) is 9.82. The molecule has 1 rings (SSSR count). The molecular weight excluding hydrogens is 190 g/mol. The second-order valence-electron chi connectivity index (χ2n) is 2.83. The quantitative estimate of drug-likeness (QED) is 0.797. The second-order valence-corrected chi connectivity index (χ2v) is 3.23. The van der Waals surface area contributed by atoms with E-state index in [-0.39, 0.29) is 0 Å². The minimum Gasteiger partial charge on any atom is -0.495 e. The zero-order chi connectivity index (χ0) is 10.0. The van der Waals surface area contributed by atoms with Gasteiger partial charge in [-0.3, -0.25) is 4.98 Å². The Morgan fingerprint density at radius 1 is 1.62 bits per heavy atom. The molecule has 3 nitrogen and oxygen atoms in total. The van der Waals surface area contributed by atoms with E-state index in [0.29, 0.717) is 16.5 Å². The molecule has 0 aliphatic rings. The molecule has 4 heteroatoms. The van der Waals surface area contributed by atoms with E-state index in [1.165, 1.54) is 6.20 Å². The van der Waals surface area contributed by atoms with Crippen LogP contribution in [-0.2, 0) is 0 Å². The second kappa shape index (κ2) is 3.94. The molecule has 0 amide bonds. The van der Waals surface area contributed by atoms with Gasteiger partial charge in [0.2, 0.25) is 0 Å². The topological polar surface area (TPSA) is 42.4 Å². The van der Waals surface area contributed by atoms with E-state index in [9.17, 15) is 5.11 Å². The van der Waals surface area contributed by atoms with Crippen molar-refractivity contribution in [3.8, 4) is 5.75 Å². The summed E-state index contributed by atoms with van der Waals surface area (Å²) < 4.78 is 5.08. The predicted octanol–water partition coefficient (Wildman–Crippen LogP) is 2.11. The predicted molar refractivity (Wildman–Crippen MR) is 51.2 cm³/mol. The zero-order valence-electron chi connectivity index (χ0n) is 7.84. The molecule has 1 atom stereocenters. The van der Waals surface area contributed by atoms with Crippen LogP contribution in [0.4, 0.5) is 0 Å². The molecule has 1 aromatic heterocycles. The van der Waals surface area contributed by atoms with Gasteiger partial charge in [0.1, 0.15) is 10.8 Å². The SMILES string of the molecule is COc1c(Cl)cnc(C(C)O)c1C. The first kappa shape index (κ1) is 10.3. The van der Waals surface area contributed by atoms with Crippen molar-refractivity contribution in [1.82, 2.24) is 4.98 Å². The summed E-state index contributed by atoms with van der Waals surface area (Å²) in [4.78, 5) is 4.02. The van der Waals surface area contributed by atoms with Crippen LogP contribution in [0.3, 0.4) is 0 Å². The zero-order valence-corrected chi connectivity index (χ0v) is 8.59. The molecule has 0 radical (unpaired) electrons. The Morgan fingerprint density at radius 2 is 2.23 bits per heavy atom. The number of aliphatic hydroxyl groups excluding tert-OH is 1. The first-order valence-electron chi connectivity index (χ1n) is 3.95. The molecule has 0 fully saturated rings. The monoisotopic (exact) mass is 201 g/mol. The third kappa shape index (κ3) is 1.92. The number of methoxy groups -OCH3 is 1. The Morgan fingerprint density at radius 3 is 2.69 bits per heavy atom. The fraction of sp³-hybridized carbons (Fsp3) is 0.444. The van der Waals surface area contributed by atoms with Crippen molar-refractivity contribution < 1.29 is 9.84 Å². The van der Waals surface area contributed by atoms with Crippen molar-refractivity contribution in [2.45, 2.75) is 20.0 Å². The van der Waals surface area contributed by atoms with Gasteiger partial charge in [0.05, 0.1) is 18.9 Å². The molecule has 13 heavy (non-hydrogen) atoms. The minimum absolute atomic E-state index is 0.462. The summed E-state index contributed by atoms with van der Waals surface area (Å²) >= 11 is 5.84. The summed E-state index contributed by atoms with van der Waals surface area (Å²) in [6.45, 7) is 3.47. The van der Waals surface area contributed by atoms with E-state index in [2.05, 4.69) is 4.98 Å². The van der Waals surface area contributed by atoms with Crippen LogP contribution in [0.2, 0.25) is 5.02 Å². The van der Waals surface area contributed by atoms with Gasteiger partial charge in [-0.15, -0.1) is 0 Å². The number of aliphatic hydroxyl groups is 1. The van der Waals surface area contributed by atoms with Gasteiger partial charge in [-0.1, -0.05) is 11.6 Å². The van der Waals surface area contributed by atoms with Crippen LogP contribution in [-0.4, -0.2) is 17.2 Å². The third-order valence-corrected chi connectivity index (χ3v) is 2.13. The molecule has 0 aliphatic carbocycles. The van der Waals surface area contributed by atoms with Gasteiger partial charge in [0, 0.05) is 11.8 Å². The maximum atomic E-state index is 9.35. The van der Waals surface area contributed by atoms with Gasteiger partial charge in [0.15, 0.2) is 0 Å². The number of aromatic nitrogens is 1. The number of hydrogen-bond donors (Lipinski definition) is 1. The Hall–Kier alpha value is -0.800. The number of ether oxygens (including phenoxy) is 1. The maximum absolute atomic E-state index is 9.35. The fourth-order valence-electron chi connectivity index (χ4n) is 1.25. The summed E-state index contributed by atoms with van der Waals surface area (Å²) in [6.07, 6.45) is 0.876. The summed E-state index contributed by atoms with van der Waals surface area (Å²) in [7, 11) is 1.54. The van der Waals surface area contributed by atoms with Crippen LogP contribution in [0.5, 0.6) is 5.75 Å². The Labute approximate surface area is 82.3 Å². The average Bonchev–Trinajstić information content (AvgIpc) is 2.04. The first-order chi connectivity index (χ1) is 6.07. The van der Waals surface area contributed by atoms with Crippen LogP contribution < -0.4 is 4.74 Å². The van der Waals surface area contributed by atoms with Crippen molar-refractivity contribution in [2.24, 2.45) is 0 Å². The molecule has 0 saturated heterocycles. The van der Waals surface area contributed by atoms with Crippen molar-refractivity contribution in [1.29, 1.82) is 0 Å². The van der Waals surface area contributed by atoms with Gasteiger partial charge in [-0.2, -0.15) is 0 Å². The van der Waals surface area contributed by atoms with Crippen molar-refractivity contribution >= 4 is 11.6 Å². The standard InChI is InChI=1S/C9H12ClNO2/c1-5-8(6(2)12)11-4-7(10)9(5)13-3/h4,6,12H,1-3H3. The van der Waals surface area contributed by atoms with E-state index < -0.39 is 6.10 Å². The normalized spacial score (nSPS) is 12.7. The van der Waals surface area contributed by atoms with Crippen molar-refractivity contribution in [3.05, 3.63) is 22.5 Å². The van der Waals surface area contributed by atoms with Crippen LogP contribution in [0.15, 0.2) is 6.20 Å². The van der Waals surface area contributed by atoms with E-state index in [1.54, 1.807) is 14.0 Å². The van der Waals surface area contributed by atoms with E-state index >= 15 is 0 Å². The lowest BCUT2D eigenvalue weighted by molar-refractivity contribution is 0.193. The molecule has 0 saturated carbocycles. The number of nitrogens with zero attached hydrogens (tertiary/aromatic N) is 1. The maximum Gasteiger partial charge on any atom is 0.143 e. The van der Waals surface area contributed by atoms with Crippen molar-refractivity contribution in [2.75, 3.05) is 7.11 Å². The minimum atomic E-state index is -0.605. The van der Waals surface area contributed by atoms with Gasteiger partial charge in [-0.05, 0) is 13.8 Å². The van der Waals surface area contributed by atoms with E-state index in [4.69, 9.17) is 16.3 Å². The van der Waals surface area contributed by atoms with E-state index in [0.717, 1.165) is 5.56 Å². The molecule has 1 unspecified atom stereocenters. The van der Waals surface area contributed by atoms with Gasteiger partial charge < -0.3 is 9.84 Å². The Kier molecular flexibility index (Phi) is 3.12. The van der Waals surface area contributed by atoms with Gasteiger partial charge in [0.25, 0.3) is 0 Å². The molecule has 1 aromatic rings. The lowest BCUT2D eigenvalue weighted by Crippen LogP contribution is -2.01. The summed E-state index contributed by atoms with van der Waals surface area (Å²) in [6, 6.07) is 0. The molecule has 0 aliphatic heterocycles. The van der Waals surface area contributed by atoms with Gasteiger partial charge in [-0.25, -0.2) is 0 Å². The Bertz CT molecular complexity index is 313. The Balaban J connectivity index is 3.27. The molecule has 0 bridgehead atoms. The molecule has 72 valence electrons. The lowest BCUT2D eigenvalue weighted by Gasteiger charge is -2.12. The number of pyridine rings is 1. The fourth-order valence-corrected chi connectivity index (χ4v) is 1.52. The number of rotatable bonds is 2.